The van der Waals surface area contributed by atoms with Crippen molar-refractivity contribution in [2.24, 2.45) is 7.05 Å². The van der Waals surface area contributed by atoms with E-state index in [-0.39, 0.29) is 5.41 Å². The molecule has 1 heterocycles. The largest absolute Gasteiger partial charge is 0.343 e. The van der Waals surface area contributed by atoms with Gasteiger partial charge in [0.05, 0.1) is 11.4 Å². The second kappa shape index (κ2) is 16.1. The number of rotatable bonds is 9. The quantitative estimate of drug-likeness (QED) is 0.141. The van der Waals surface area contributed by atoms with Crippen molar-refractivity contribution in [2.75, 3.05) is 4.90 Å². The molecule has 0 fully saturated rings. The van der Waals surface area contributed by atoms with Crippen LogP contribution in [0.2, 0.25) is 0 Å². The van der Waals surface area contributed by atoms with E-state index in [0.717, 1.165) is 17.1 Å². The molecule has 0 radical (unpaired) electrons. The fourth-order valence-corrected chi connectivity index (χ4v) is 10.1. The second-order valence-corrected chi connectivity index (χ2v) is 17.4. The Bertz CT molecular complexity index is 3240. The van der Waals surface area contributed by atoms with Gasteiger partial charge in [0.2, 0.25) is 0 Å². The van der Waals surface area contributed by atoms with Crippen molar-refractivity contribution >= 4 is 17.1 Å². The van der Waals surface area contributed by atoms with E-state index >= 15 is 0 Å². The van der Waals surface area contributed by atoms with Crippen LogP contribution in [0.3, 0.4) is 0 Å². The molecule has 0 aliphatic heterocycles. The first-order valence-corrected chi connectivity index (χ1v) is 22.2. The lowest BCUT2D eigenvalue weighted by atomic mass is 9.82. The fourth-order valence-electron chi connectivity index (χ4n) is 10.1. The number of anilines is 3. The molecule has 0 atom stereocenters. The number of hydrogen-bond acceptors (Lipinski definition) is 1. The highest BCUT2D eigenvalue weighted by Gasteiger charge is 2.36. The summed E-state index contributed by atoms with van der Waals surface area (Å²) in [4.78, 5) is 2.40. The number of fused-ring (bicyclic) bond motifs is 3. The molecule has 0 saturated carbocycles. The molecule has 0 unspecified atom stereocenters. The van der Waals surface area contributed by atoms with E-state index in [1.165, 1.54) is 89.3 Å². The highest BCUT2D eigenvalue weighted by Crippen LogP contribution is 2.51. The summed E-state index contributed by atoms with van der Waals surface area (Å²) < 4.78 is 2.39. The van der Waals surface area contributed by atoms with Gasteiger partial charge in [0.25, 0.3) is 0 Å². The van der Waals surface area contributed by atoms with Gasteiger partial charge in [0.1, 0.15) is 0 Å². The van der Waals surface area contributed by atoms with Crippen LogP contribution in [0.4, 0.5) is 17.1 Å². The summed E-state index contributed by atoms with van der Waals surface area (Å²) in [5.41, 5.74) is 23.1. The minimum atomic E-state index is -0.104. The maximum atomic E-state index is 2.41. The van der Waals surface area contributed by atoms with Crippen LogP contribution < -0.4 is 4.90 Å². The molecule has 0 spiro atoms. The summed E-state index contributed by atoms with van der Waals surface area (Å²) in [5.74, 6) is 0. The van der Waals surface area contributed by atoms with Crippen molar-refractivity contribution in [1.29, 1.82) is 0 Å². The van der Waals surface area contributed by atoms with E-state index < -0.39 is 0 Å². The van der Waals surface area contributed by atoms with E-state index in [2.05, 4.69) is 267 Å². The van der Waals surface area contributed by atoms with Crippen LogP contribution >= 0.6 is 0 Å². The molecule has 1 aliphatic rings. The number of benzene rings is 9. The lowest BCUT2D eigenvalue weighted by molar-refractivity contribution is 0.660. The molecule has 10 aromatic rings. The van der Waals surface area contributed by atoms with Gasteiger partial charge in [0, 0.05) is 40.7 Å². The van der Waals surface area contributed by atoms with Gasteiger partial charge in [0.15, 0.2) is 0 Å². The van der Waals surface area contributed by atoms with Gasteiger partial charge in [-0.1, -0.05) is 214 Å². The number of aromatic nitrogens is 1. The van der Waals surface area contributed by atoms with Crippen LogP contribution in [0, 0.1) is 0 Å². The van der Waals surface area contributed by atoms with Crippen molar-refractivity contribution in [3.63, 3.8) is 0 Å². The Morgan fingerprint density at radius 3 is 1.16 bits per heavy atom. The average Bonchev–Trinajstić information content (AvgIpc) is 3.79. The Morgan fingerprint density at radius 2 is 0.656 bits per heavy atom. The van der Waals surface area contributed by atoms with Crippen LogP contribution in [-0.2, 0) is 12.5 Å². The van der Waals surface area contributed by atoms with Crippen LogP contribution in [0.1, 0.15) is 25.0 Å². The molecule has 306 valence electrons. The van der Waals surface area contributed by atoms with E-state index in [1.54, 1.807) is 0 Å². The van der Waals surface area contributed by atoms with Crippen molar-refractivity contribution in [3.8, 4) is 78.1 Å². The Morgan fingerprint density at radius 1 is 0.312 bits per heavy atom. The summed E-state index contributed by atoms with van der Waals surface area (Å²) in [6, 6.07) is 86.2. The minimum absolute atomic E-state index is 0.104. The molecule has 2 nitrogen and oxygen atoms in total. The van der Waals surface area contributed by atoms with Crippen molar-refractivity contribution < 1.29 is 0 Å². The Hall–Kier alpha value is -7.94. The summed E-state index contributed by atoms with van der Waals surface area (Å²) in [5, 5.41) is 0. The van der Waals surface area contributed by atoms with Gasteiger partial charge in [-0.25, -0.2) is 0 Å². The first kappa shape index (κ1) is 38.9. The van der Waals surface area contributed by atoms with E-state index in [4.69, 9.17) is 0 Å². The third-order valence-corrected chi connectivity index (χ3v) is 13.2. The zero-order chi connectivity index (χ0) is 43.2. The first-order chi connectivity index (χ1) is 31.4. The molecule has 2 heteroatoms. The van der Waals surface area contributed by atoms with Gasteiger partial charge in [-0.15, -0.1) is 0 Å². The summed E-state index contributed by atoms with van der Waals surface area (Å²) in [6.45, 7) is 4.71. The fraction of sp³-hybridized carbons (Fsp3) is 0.0645. The summed E-state index contributed by atoms with van der Waals surface area (Å²) in [7, 11) is 2.21. The average molecular weight is 821 g/mol. The predicted molar refractivity (Wildman–Crippen MR) is 270 cm³/mol. The van der Waals surface area contributed by atoms with E-state index in [0.29, 0.717) is 0 Å². The zero-order valence-electron chi connectivity index (χ0n) is 36.4. The summed E-state index contributed by atoms with van der Waals surface area (Å²) in [6.07, 6.45) is 0. The Balaban J connectivity index is 0.990. The highest BCUT2D eigenvalue weighted by molar-refractivity contribution is 6.02. The maximum Gasteiger partial charge on any atom is 0.0568 e. The SMILES string of the molecule is Cn1c(-c2ccccc2)c(-c2ccccc2)c(-c2ccc(-c3ccc(N(c4ccc(-c5ccccc5)cc4)c4ccc5c(c4)C(C)(C)c4ccccc4-5)cc3)cc2)c1-c1ccccc1. The number of hydrogen-bond donors (Lipinski definition) is 0. The highest BCUT2D eigenvalue weighted by atomic mass is 15.1. The van der Waals surface area contributed by atoms with Gasteiger partial charge >= 0.3 is 0 Å². The van der Waals surface area contributed by atoms with Crippen molar-refractivity contribution in [1.82, 2.24) is 4.57 Å². The molecule has 0 bridgehead atoms. The zero-order valence-corrected chi connectivity index (χ0v) is 36.4. The van der Waals surface area contributed by atoms with Gasteiger partial charge in [-0.3, -0.25) is 0 Å². The van der Waals surface area contributed by atoms with Gasteiger partial charge < -0.3 is 9.47 Å². The smallest absolute Gasteiger partial charge is 0.0568 e. The molecule has 1 aromatic heterocycles. The van der Waals surface area contributed by atoms with E-state index in [9.17, 15) is 0 Å². The molecule has 11 rings (SSSR count). The number of nitrogens with zero attached hydrogens (tertiary/aromatic N) is 2. The molecule has 1 aliphatic carbocycles. The lowest BCUT2D eigenvalue weighted by Crippen LogP contribution is -2.16. The molecule has 0 amide bonds. The molecule has 9 aromatic carbocycles. The molecule has 0 N–H and O–H groups in total. The normalized spacial score (nSPS) is 12.4. The van der Waals surface area contributed by atoms with Crippen molar-refractivity contribution in [2.45, 2.75) is 19.3 Å². The van der Waals surface area contributed by atoms with Gasteiger partial charge in [-0.05, 0) is 103 Å². The predicted octanol–water partition coefficient (Wildman–Crippen LogP) is 16.8. The monoisotopic (exact) mass is 820 g/mol. The lowest BCUT2D eigenvalue weighted by Gasteiger charge is -2.28. The topological polar surface area (TPSA) is 8.17 Å². The minimum Gasteiger partial charge on any atom is -0.343 e. The second-order valence-electron chi connectivity index (χ2n) is 17.4. The maximum absolute atomic E-state index is 2.41. The van der Waals surface area contributed by atoms with Crippen molar-refractivity contribution in [3.05, 3.63) is 248 Å². The Kier molecular flexibility index (Phi) is 9.78. The third kappa shape index (κ3) is 6.76. The molecule has 0 saturated heterocycles. The molecular formula is C62H48N2. The summed E-state index contributed by atoms with van der Waals surface area (Å²) >= 11 is 0. The van der Waals surface area contributed by atoms with E-state index in [1.807, 2.05) is 0 Å². The standard InChI is InChI=1S/C62H48N2/c1-62(2)56-27-17-16-26-54(56)55-41-40-53(42-57(55)62)64(51-36-32-45(33-37-51)43-18-8-4-9-19-43)52-38-34-46(35-39-52)44-28-30-48(31-29-44)59-58(47-20-10-5-11-21-47)60(49-22-12-6-13-23-49)63(3)61(59)50-24-14-7-15-25-50/h4-42H,1-3H3. The first-order valence-electron chi connectivity index (χ1n) is 22.2. The van der Waals surface area contributed by atoms with Crippen LogP contribution in [0.15, 0.2) is 237 Å². The third-order valence-electron chi connectivity index (χ3n) is 13.2. The van der Waals surface area contributed by atoms with Gasteiger partial charge in [-0.2, -0.15) is 0 Å². The molecule has 64 heavy (non-hydrogen) atoms. The van der Waals surface area contributed by atoms with Crippen LogP contribution in [0.5, 0.6) is 0 Å². The Labute approximate surface area is 377 Å². The molecular weight excluding hydrogens is 773 g/mol. The van der Waals surface area contributed by atoms with Crippen LogP contribution in [0.25, 0.3) is 78.1 Å². The van der Waals surface area contributed by atoms with Crippen LogP contribution in [-0.4, -0.2) is 4.57 Å².